The van der Waals surface area contributed by atoms with Crippen LogP contribution >= 0.6 is 11.8 Å². The highest BCUT2D eigenvalue weighted by Crippen LogP contribution is 2.81. The number of thioether (sulfide) groups is 1. The maximum atomic E-state index is 2.41. The van der Waals surface area contributed by atoms with Crippen LogP contribution in [0.25, 0.3) is 12.2 Å². The van der Waals surface area contributed by atoms with Crippen LogP contribution < -0.4 is 0 Å². The SMILES string of the molecule is C1=Cc2ccccc2C2(SC23CCCCc2ccccc23)c2ccccc21. The first kappa shape index (κ1) is 15.8. The Labute approximate surface area is 165 Å². The van der Waals surface area contributed by atoms with Gasteiger partial charge in [0, 0.05) is 0 Å². The lowest BCUT2D eigenvalue weighted by molar-refractivity contribution is 0.537. The summed E-state index contributed by atoms with van der Waals surface area (Å²) in [5.74, 6) is 0. The molecule has 0 aromatic heterocycles. The van der Waals surface area contributed by atoms with E-state index in [1.165, 1.54) is 47.9 Å². The molecule has 0 radical (unpaired) electrons. The summed E-state index contributed by atoms with van der Waals surface area (Å²) in [7, 11) is 0. The number of rotatable bonds is 0. The summed E-state index contributed by atoms with van der Waals surface area (Å²) in [6, 6.07) is 27.3. The second-order valence-electron chi connectivity index (χ2n) is 7.98. The van der Waals surface area contributed by atoms with E-state index in [0.29, 0.717) is 0 Å². The van der Waals surface area contributed by atoms with Gasteiger partial charge < -0.3 is 0 Å². The number of fused-ring (bicyclic) bond motifs is 7. The number of benzene rings is 3. The van der Waals surface area contributed by atoms with Crippen molar-refractivity contribution in [1.29, 1.82) is 0 Å². The van der Waals surface area contributed by atoms with Gasteiger partial charge in [-0.05, 0) is 52.6 Å². The van der Waals surface area contributed by atoms with E-state index in [0.717, 1.165) is 0 Å². The van der Waals surface area contributed by atoms with E-state index in [1.807, 2.05) is 0 Å². The van der Waals surface area contributed by atoms with E-state index in [9.17, 15) is 0 Å². The van der Waals surface area contributed by atoms with Crippen LogP contribution in [-0.2, 0) is 15.9 Å². The summed E-state index contributed by atoms with van der Waals surface area (Å²) in [5, 5.41) is 0. The van der Waals surface area contributed by atoms with Crippen LogP contribution in [0, 0.1) is 0 Å². The predicted molar refractivity (Wildman–Crippen MR) is 116 cm³/mol. The van der Waals surface area contributed by atoms with Crippen LogP contribution in [-0.4, -0.2) is 0 Å². The van der Waals surface area contributed by atoms with Gasteiger partial charge in [0.25, 0.3) is 0 Å². The van der Waals surface area contributed by atoms with Crippen molar-refractivity contribution in [2.75, 3.05) is 0 Å². The average molecular weight is 367 g/mol. The number of aryl methyl sites for hydroxylation is 1. The zero-order valence-corrected chi connectivity index (χ0v) is 16.1. The van der Waals surface area contributed by atoms with Crippen molar-refractivity contribution in [2.45, 2.75) is 35.2 Å². The van der Waals surface area contributed by atoms with Crippen LogP contribution in [0.4, 0.5) is 0 Å². The topological polar surface area (TPSA) is 0 Å². The Morgan fingerprint density at radius 2 is 1.22 bits per heavy atom. The molecule has 132 valence electrons. The molecule has 1 fully saturated rings. The average Bonchev–Trinajstić information content (AvgIpc) is 3.46. The van der Waals surface area contributed by atoms with Crippen LogP contribution in [0.1, 0.15) is 52.6 Å². The van der Waals surface area contributed by atoms with Crippen molar-refractivity contribution >= 4 is 23.9 Å². The maximum Gasteiger partial charge on any atom is 0.0866 e. The molecule has 2 aliphatic carbocycles. The molecule has 1 aliphatic heterocycles. The predicted octanol–water partition coefficient (Wildman–Crippen LogP) is 6.78. The molecule has 0 nitrogen and oxygen atoms in total. The van der Waals surface area contributed by atoms with E-state index in [-0.39, 0.29) is 9.49 Å². The first-order valence-corrected chi connectivity index (χ1v) is 10.8. The Kier molecular flexibility index (Phi) is 3.29. The molecule has 0 bridgehead atoms. The molecule has 3 aromatic rings. The highest BCUT2D eigenvalue weighted by molar-refractivity contribution is 8.08. The van der Waals surface area contributed by atoms with Gasteiger partial charge in [0.15, 0.2) is 0 Å². The van der Waals surface area contributed by atoms with Crippen LogP contribution in [0.5, 0.6) is 0 Å². The summed E-state index contributed by atoms with van der Waals surface area (Å²) >= 11 is 2.20. The molecule has 6 rings (SSSR count). The number of hydrogen-bond acceptors (Lipinski definition) is 1. The van der Waals surface area contributed by atoms with Gasteiger partial charge in [-0.2, -0.15) is 0 Å². The standard InChI is InChI=1S/C26H22S/c1-4-13-22-19(9-1)12-7-8-18-25(22)26(27-25)23-14-5-2-10-20(23)16-17-21-11-3-6-15-24(21)26/h1-6,9-11,13-17H,7-8,12,18H2. The lowest BCUT2D eigenvalue weighted by Gasteiger charge is -2.27. The zero-order chi connectivity index (χ0) is 17.9. The highest BCUT2D eigenvalue weighted by Gasteiger charge is 2.72. The van der Waals surface area contributed by atoms with Gasteiger partial charge >= 0.3 is 0 Å². The molecule has 1 heteroatoms. The van der Waals surface area contributed by atoms with Gasteiger partial charge in [0.1, 0.15) is 0 Å². The molecule has 1 unspecified atom stereocenters. The smallest absolute Gasteiger partial charge is 0.0866 e. The molecule has 0 N–H and O–H groups in total. The fraction of sp³-hybridized carbons (Fsp3) is 0.231. The first-order chi connectivity index (χ1) is 13.4. The maximum absolute atomic E-state index is 2.41. The van der Waals surface area contributed by atoms with E-state index in [4.69, 9.17) is 0 Å². The summed E-state index contributed by atoms with van der Waals surface area (Å²) < 4.78 is 0.197. The van der Waals surface area contributed by atoms with Crippen molar-refractivity contribution < 1.29 is 0 Å². The number of hydrogen-bond donors (Lipinski definition) is 0. The van der Waals surface area contributed by atoms with Gasteiger partial charge in [-0.1, -0.05) is 91.4 Å². The van der Waals surface area contributed by atoms with Crippen molar-refractivity contribution in [2.24, 2.45) is 0 Å². The summed E-state index contributed by atoms with van der Waals surface area (Å²) in [6.07, 6.45) is 9.72. The molecule has 0 saturated carbocycles. The van der Waals surface area contributed by atoms with Gasteiger partial charge in [-0.25, -0.2) is 0 Å². The van der Waals surface area contributed by atoms with Crippen LogP contribution in [0.3, 0.4) is 0 Å². The largest absolute Gasteiger partial charge is 0.130 e. The molecular formula is C26H22S. The molecule has 0 amide bonds. The van der Waals surface area contributed by atoms with Crippen molar-refractivity contribution in [3.63, 3.8) is 0 Å². The lowest BCUT2D eigenvalue weighted by atomic mass is 9.73. The molecule has 2 spiro atoms. The highest BCUT2D eigenvalue weighted by atomic mass is 32.2. The Morgan fingerprint density at radius 1 is 0.630 bits per heavy atom. The second-order valence-corrected chi connectivity index (χ2v) is 9.50. The fourth-order valence-electron chi connectivity index (χ4n) is 5.46. The minimum Gasteiger partial charge on any atom is -0.130 e. The van der Waals surface area contributed by atoms with Crippen molar-refractivity contribution in [1.82, 2.24) is 0 Å². The summed E-state index contributed by atoms with van der Waals surface area (Å²) in [4.78, 5) is 0. The molecular weight excluding hydrogens is 344 g/mol. The third-order valence-corrected chi connectivity index (χ3v) is 8.62. The van der Waals surface area contributed by atoms with Crippen LogP contribution in [0.15, 0.2) is 72.8 Å². The molecule has 3 aromatic carbocycles. The van der Waals surface area contributed by atoms with Gasteiger partial charge in [-0.15, -0.1) is 11.8 Å². The minimum absolute atomic E-state index is 0.0319. The Morgan fingerprint density at radius 3 is 1.93 bits per heavy atom. The molecule has 1 heterocycles. The monoisotopic (exact) mass is 366 g/mol. The molecule has 27 heavy (non-hydrogen) atoms. The second kappa shape index (κ2) is 5.62. The first-order valence-electron chi connectivity index (χ1n) is 10.0. The summed E-state index contributed by atoms with van der Waals surface area (Å²) in [6.45, 7) is 0. The van der Waals surface area contributed by atoms with E-state index in [2.05, 4.69) is 96.7 Å². The normalized spacial score (nSPS) is 23.9. The lowest BCUT2D eigenvalue weighted by Crippen LogP contribution is -2.25. The Hall–Kier alpha value is -2.25. The quantitative estimate of drug-likeness (QED) is 0.395. The van der Waals surface area contributed by atoms with Crippen LogP contribution in [0.2, 0.25) is 0 Å². The summed E-state index contributed by atoms with van der Waals surface area (Å²) in [5.41, 5.74) is 8.88. The Bertz CT molecular complexity index is 1030. The minimum atomic E-state index is 0.0319. The van der Waals surface area contributed by atoms with E-state index in [1.54, 1.807) is 11.1 Å². The van der Waals surface area contributed by atoms with E-state index < -0.39 is 0 Å². The third-order valence-electron chi connectivity index (χ3n) is 6.65. The molecule has 1 saturated heterocycles. The van der Waals surface area contributed by atoms with E-state index >= 15 is 0 Å². The van der Waals surface area contributed by atoms with Gasteiger partial charge in [0.2, 0.25) is 0 Å². The Balaban J connectivity index is 1.68. The van der Waals surface area contributed by atoms with Gasteiger partial charge in [0.05, 0.1) is 9.49 Å². The fourth-order valence-corrected chi connectivity index (χ4v) is 7.51. The van der Waals surface area contributed by atoms with Gasteiger partial charge in [-0.3, -0.25) is 0 Å². The zero-order valence-electron chi connectivity index (χ0n) is 15.3. The molecule has 1 atom stereocenters. The van der Waals surface area contributed by atoms with Crippen molar-refractivity contribution in [3.05, 3.63) is 106 Å². The third kappa shape index (κ3) is 2.01. The van der Waals surface area contributed by atoms with Crippen molar-refractivity contribution in [3.8, 4) is 0 Å². The molecule has 3 aliphatic rings.